The first-order chi connectivity index (χ1) is 9.33. The monoisotopic (exact) mass is 271 g/mol. The second-order valence-corrected chi connectivity index (χ2v) is 6.44. The summed E-state index contributed by atoms with van der Waals surface area (Å²) in [5.74, 6) is 0. The van der Waals surface area contributed by atoms with Crippen LogP contribution in [0, 0.1) is 0 Å². The molecule has 0 spiro atoms. The molecule has 0 fully saturated rings. The van der Waals surface area contributed by atoms with Crippen LogP contribution < -0.4 is 5.73 Å². The molecule has 1 atom stereocenters. The number of allylic oxidation sites excluding steroid dienone is 1. The predicted octanol–water partition coefficient (Wildman–Crippen LogP) is 4.66. The second-order valence-electron chi connectivity index (χ2n) is 5.53. The summed E-state index contributed by atoms with van der Waals surface area (Å²) in [6, 6.07) is 8.90. The van der Waals surface area contributed by atoms with Crippen molar-refractivity contribution in [1.82, 2.24) is 0 Å². The molecular weight excluding hydrogens is 250 g/mol. The minimum Gasteiger partial charge on any atom is -0.327 e. The molecule has 2 N–H and O–H groups in total. The van der Waals surface area contributed by atoms with Gasteiger partial charge < -0.3 is 5.73 Å². The fourth-order valence-corrected chi connectivity index (χ4v) is 3.95. The summed E-state index contributed by atoms with van der Waals surface area (Å²) >= 11 is 1.83. The van der Waals surface area contributed by atoms with Crippen molar-refractivity contribution in [3.63, 3.8) is 0 Å². The molecule has 1 unspecified atom stereocenters. The van der Waals surface area contributed by atoms with E-state index in [9.17, 15) is 0 Å². The zero-order valence-electron chi connectivity index (χ0n) is 11.3. The first-order valence-electron chi connectivity index (χ1n) is 7.21. The number of hydrogen-bond donors (Lipinski definition) is 1. The highest BCUT2D eigenvalue weighted by molar-refractivity contribution is 7.17. The van der Waals surface area contributed by atoms with Crippen LogP contribution in [0.3, 0.4) is 0 Å². The van der Waals surface area contributed by atoms with Gasteiger partial charge >= 0.3 is 0 Å². The fraction of sp³-hybridized carbons (Fsp3) is 0.412. The van der Waals surface area contributed by atoms with Gasteiger partial charge in [-0.2, -0.15) is 0 Å². The molecule has 1 aromatic carbocycles. The Balaban J connectivity index is 1.68. The molecule has 1 heterocycles. The maximum Gasteiger partial charge on any atom is 0.0345 e. The van der Waals surface area contributed by atoms with Gasteiger partial charge in [0.05, 0.1) is 0 Å². The highest BCUT2D eigenvalue weighted by atomic mass is 32.1. The summed E-state index contributed by atoms with van der Waals surface area (Å²) < 4.78 is 1.38. The molecular formula is C17H21NS. The van der Waals surface area contributed by atoms with E-state index in [1.165, 1.54) is 41.3 Å². The van der Waals surface area contributed by atoms with Crippen molar-refractivity contribution >= 4 is 21.4 Å². The Hall–Kier alpha value is -1.12. The minimum absolute atomic E-state index is 0.266. The summed E-state index contributed by atoms with van der Waals surface area (Å²) in [7, 11) is 0. The van der Waals surface area contributed by atoms with Crippen LogP contribution in [0.4, 0.5) is 0 Å². The molecule has 1 aliphatic rings. The lowest BCUT2D eigenvalue weighted by Crippen LogP contribution is -2.23. The molecule has 1 aliphatic carbocycles. The van der Waals surface area contributed by atoms with Gasteiger partial charge in [-0.15, -0.1) is 11.3 Å². The van der Waals surface area contributed by atoms with Crippen LogP contribution in [0.1, 0.15) is 37.7 Å². The fourth-order valence-electron chi connectivity index (χ4n) is 2.97. The summed E-state index contributed by atoms with van der Waals surface area (Å²) in [6.07, 6.45) is 9.70. The van der Waals surface area contributed by atoms with Crippen LogP contribution in [0.15, 0.2) is 41.3 Å². The third-order valence-corrected chi connectivity index (χ3v) is 4.96. The number of benzene rings is 1. The van der Waals surface area contributed by atoms with Crippen molar-refractivity contribution in [2.75, 3.05) is 0 Å². The molecule has 100 valence electrons. The molecule has 0 aliphatic heterocycles. The quantitative estimate of drug-likeness (QED) is 0.804. The average molecular weight is 271 g/mol. The molecule has 2 heteroatoms. The van der Waals surface area contributed by atoms with E-state index < -0.39 is 0 Å². The van der Waals surface area contributed by atoms with E-state index >= 15 is 0 Å². The number of nitrogens with two attached hydrogens (primary N) is 1. The lowest BCUT2D eigenvalue weighted by atomic mass is 9.92. The maximum atomic E-state index is 6.35. The minimum atomic E-state index is 0.266. The maximum absolute atomic E-state index is 6.35. The lowest BCUT2D eigenvalue weighted by Gasteiger charge is -2.17. The number of rotatable bonds is 4. The Morgan fingerprint density at radius 1 is 1.16 bits per heavy atom. The molecule has 0 amide bonds. The van der Waals surface area contributed by atoms with Gasteiger partial charge in [0.15, 0.2) is 0 Å². The Morgan fingerprint density at radius 3 is 2.89 bits per heavy atom. The zero-order chi connectivity index (χ0) is 13.1. The molecule has 3 rings (SSSR count). The Bertz CT molecular complexity index is 582. The van der Waals surface area contributed by atoms with E-state index in [4.69, 9.17) is 5.73 Å². The molecule has 0 saturated carbocycles. The van der Waals surface area contributed by atoms with E-state index in [0.29, 0.717) is 0 Å². The Kier molecular flexibility index (Phi) is 4.00. The van der Waals surface area contributed by atoms with Gasteiger partial charge in [-0.1, -0.05) is 29.8 Å². The van der Waals surface area contributed by atoms with Crippen molar-refractivity contribution in [3.05, 3.63) is 46.9 Å². The molecule has 0 saturated heterocycles. The molecule has 1 aromatic heterocycles. The lowest BCUT2D eigenvalue weighted by molar-refractivity contribution is 0.607. The smallest absolute Gasteiger partial charge is 0.0345 e. The molecule has 19 heavy (non-hydrogen) atoms. The summed E-state index contributed by atoms with van der Waals surface area (Å²) in [6.45, 7) is 0. The van der Waals surface area contributed by atoms with Gasteiger partial charge in [0.1, 0.15) is 0 Å². The van der Waals surface area contributed by atoms with Gasteiger partial charge in [-0.25, -0.2) is 0 Å². The predicted molar refractivity (Wildman–Crippen MR) is 84.7 cm³/mol. The van der Waals surface area contributed by atoms with Crippen molar-refractivity contribution in [2.24, 2.45) is 5.73 Å². The van der Waals surface area contributed by atoms with E-state index in [1.54, 1.807) is 5.57 Å². The van der Waals surface area contributed by atoms with E-state index in [-0.39, 0.29) is 6.04 Å². The zero-order valence-corrected chi connectivity index (χ0v) is 12.1. The number of thiophene rings is 1. The summed E-state index contributed by atoms with van der Waals surface area (Å²) in [5.41, 5.74) is 9.35. The highest BCUT2D eigenvalue weighted by Gasteiger charge is 2.12. The SMILES string of the molecule is NC(CC1=CCCCC1)Cc1csc2ccccc12. The number of hydrogen-bond acceptors (Lipinski definition) is 2. The van der Waals surface area contributed by atoms with Crippen LogP contribution in [-0.2, 0) is 6.42 Å². The van der Waals surface area contributed by atoms with Gasteiger partial charge in [-0.3, -0.25) is 0 Å². The topological polar surface area (TPSA) is 26.0 Å². The Labute approximate surface area is 119 Å². The van der Waals surface area contributed by atoms with Gasteiger partial charge in [-0.05, 0) is 60.9 Å². The van der Waals surface area contributed by atoms with Crippen molar-refractivity contribution in [1.29, 1.82) is 0 Å². The van der Waals surface area contributed by atoms with Gasteiger partial charge in [0.25, 0.3) is 0 Å². The van der Waals surface area contributed by atoms with Crippen LogP contribution in [0.25, 0.3) is 10.1 Å². The first-order valence-corrected chi connectivity index (χ1v) is 8.09. The van der Waals surface area contributed by atoms with E-state index in [0.717, 1.165) is 12.8 Å². The van der Waals surface area contributed by atoms with Crippen molar-refractivity contribution in [2.45, 2.75) is 44.6 Å². The third kappa shape index (κ3) is 3.07. The van der Waals surface area contributed by atoms with Crippen LogP contribution in [0.2, 0.25) is 0 Å². The molecule has 0 radical (unpaired) electrons. The third-order valence-electron chi connectivity index (χ3n) is 3.95. The molecule has 1 nitrogen and oxygen atoms in total. The van der Waals surface area contributed by atoms with Crippen molar-refractivity contribution < 1.29 is 0 Å². The first kappa shape index (κ1) is 12.9. The van der Waals surface area contributed by atoms with Crippen molar-refractivity contribution in [3.8, 4) is 0 Å². The standard InChI is InChI=1S/C17H21NS/c18-15(10-13-6-2-1-3-7-13)11-14-12-19-17-9-5-4-8-16(14)17/h4-6,8-9,12,15H,1-3,7,10-11,18H2. The normalized spacial score (nSPS) is 17.4. The Morgan fingerprint density at radius 2 is 2.05 bits per heavy atom. The van der Waals surface area contributed by atoms with Crippen LogP contribution in [-0.4, -0.2) is 6.04 Å². The van der Waals surface area contributed by atoms with Crippen LogP contribution >= 0.6 is 11.3 Å². The largest absolute Gasteiger partial charge is 0.327 e. The second kappa shape index (κ2) is 5.89. The number of fused-ring (bicyclic) bond motifs is 1. The average Bonchev–Trinajstić information content (AvgIpc) is 2.83. The van der Waals surface area contributed by atoms with E-state index in [2.05, 4.69) is 35.7 Å². The highest BCUT2D eigenvalue weighted by Crippen LogP contribution is 2.28. The summed E-state index contributed by atoms with van der Waals surface area (Å²) in [5, 5.41) is 3.67. The van der Waals surface area contributed by atoms with E-state index in [1.807, 2.05) is 11.3 Å². The van der Waals surface area contributed by atoms with Gasteiger partial charge in [0, 0.05) is 10.7 Å². The molecule has 0 bridgehead atoms. The molecule has 2 aromatic rings. The summed E-state index contributed by atoms with van der Waals surface area (Å²) in [4.78, 5) is 0. The van der Waals surface area contributed by atoms with Gasteiger partial charge in [0.2, 0.25) is 0 Å². The van der Waals surface area contributed by atoms with Crippen LogP contribution in [0.5, 0.6) is 0 Å².